The van der Waals surface area contributed by atoms with E-state index in [-0.39, 0.29) is 18.0 Å². The highest BCUT2D eigenvalue weighted by Crippen LogP contribution is 2.11. The Morgan fingerprint density at radius 1 is 1.04 bits per heavy atom. The lowest BCUT2D eigenvalue weighted by Crippen LogP contribution is -2.30. The molecule has 3 rings (SSSR count). The number of carbonyl (C=O) groups is 1. The molecule has 0 fully saturated rings. The predicted octanol–water partition coefficient (Wildman–Crippen LogP) is 3.58. The van der Waals surface area contributed by atoms with Crippen molar-refractivity contribution in [2.45, 2.75) is 20.0 Å². The summed E-state index contributed by atoms with van der Waals surface area (Å²) in [7, 11) is 0. The summed E-state index contributed by atoms with van der Waals surface area (Å²) >= 11 is 0. The average Bonchev–Trinajstić information content (AvgIpc) is 2.68. The van der Waals surface area contributed by atoms with Gasteiger partial charge in [0.15, 0.2) is 0 Å². The van der Waals surface area contributed by atoms with Gasteiger partial charge in [0.05, 0.1) is 17.4 Å². The highest BCUT2D eigenvalue weighted by atomic mass is 16.2. The minimum atomic E-state index is -0.202. The molecule has 0 aliphatic rings. The van der Waals surface area contributed by atoms with Gasteiger partial charge < -0.3 is 9.88 Å². The number of fused-ring (bicyclic) bond motifs is 1. The second-order valence-corrected chi connectivity index (χ2v) is 6.09. The molecule has 0 radical (unpaired) electrons. The van der Waals surface area contributed by atoms with E-state index in [0.717, 1.165) is 5.56 Å². The number of hydrogen-bond acceptors (Lipinski definition) is 3. The van der Waals surface area contributed by atoms with E-state index in [9.17, 15) is 9.59 Å². The van der Waals surface area contributed by atoms with Crippen LogP contribution < -0.4 is 5.56 Å². The minimum absolute atomic E-state index is 0.146. The number of carbonyl (C=O) groups excluding carboxylic acids is 1. The van der Waals surface area contributed by atoms with Crippen molar-refractivity contribution in [1.82, 2.24) is 14.9 Å². The van der Waals surface area contributed by atoms with Crippen LogP contribution in [0.3, 0.4) is 0 Å². The summed E-state index contributed by atoms with van der Waals surface area (Å²) < 4.78 is 0. The second-order valence-electron chi connectivity index (χ2n) is 6.09. The van der Waals surface area contributed by atoms with Crippen molar-refractivity contribution in [3.05, 3.63) is 101 Å². The topological polar surface area (TPSA) is 66.1 Å². The molecule has 0 unspecified atom stereocenters. The molecule has 2 aromatic carbocycles. The van der Waals surface area contributed by atoms with Crippen LogP contribution in [-0.4, -0.2) is 20.8 Å². The van der Waals surface area contributed by atoms with E-state index in [2.05, 4.69) is 9.97 Å². The molecule has 0 bridgehead atoms. The first-order valence-corrected chi connectivity index (χ1v) is 8.77. The van der Waals surface area contributed by atoms with Crippen molar-refractivity contribution < 1.29 is 4.79 Å². The lowest BCUT2D eigenvalue weighted by molar-refractivity contribution is -0.127. The number of para-hydroxylation sites is 1. The van der Waals surface area contributed by atoms with E-state index in [1.54, 1.807) is 35.3 Å². The smallest absolute Gasteiger partial charge is 0.258 e. The largest absolute Gasteiger partial charge is 0.327 e. The van der Waals surface area contributed by atoms with Crippen LogP contribution in [0, 0.1) is 0 Å². The van der Waals surface area contributed by atoms with Crippen LogP contribution in [0.1, 0.15) is 18.3 Å². The Balaban J connectivity index is 1.90. The lowest BCUT2D eigenvalue weighted by atomic mass is 10.2. The molecule has 1 amide bonds. The van der Waals surface area contributed by atoms with Crippen molar-refractivity contribution in [3.63, 3.8) is 0 Å². The number of H-pyrrole nitrogens is 1. The van der Waals surface area contributed by atoms with Crippen LogP contribution in [0.4, 0.5) is 0 Å². The summed E-state index contributed by atoms with van der Waals surface area (Å²) in [4.78, 5) is 33.9. The third kappa shape index (κ3) is 4.79. The molecular formula is C22H21N3O2. The van der Waals surface area contributed by atoms with Gasteiger partial charge in [-0.1, -0.05) is 60.7 Å². The Morgan fingerprint density at radius 2 is 1.78 bits per heavy atom. The van der Waals surface area contributed by atoms with Gasteiger partial charge in [0, 0.05) is 12.6 Å². The molecule has 0 saturated heterocycles. The Labute approximate surface area is 157 Å². The molecule has 5 nitrogen and oxygen atoms in total. The van der Waals surface area contributed by atoms with Crippen LogP contribution in [-0.2, 0) is 17.9 Å². The summed E-state index contributed by atoms with van der Waals surface area (Å²) in [5.74, 6) is 0.315. The number of allylic oxidation sites excluding steroid dienone is 3. The summed E-state index contributed by atoms with van der Waals surface area (Å²) in [6, 6.07) is 16.9. The standard InChI is InChI=1S/C22H21N3O2/c1-2-3-5-14-21(26)25(15-17-10-6-4-7-11-17)16-20-23-19-13-9-8-12-18(19)22(27)24-20/h2-14H,15-16H2,1H3,(H,23,24,27). The Bertz CT molecular complexity index is 1040. The van der Waals surface area contributed by atoms with Gasteiger partial charge in [0.1, 0.15) is 5.82 Å². The zero-order chi connectivity index (χ0) is 19.1. The molecule has 1 aromatic heterocycles. The van der Waals surface area contributed by atoms with Gasteiger partial charge in [-0.25, -0.2) is 4.98 Å². The molecule has 0 aliphatic heterocycles. The summed E-state index contributed by atoms with van der Waals surface area (Å²) in [5.41, 5.74) is 1.42. The van der Waals surface area contributed by atoms with Crippen LogP contribution >= 0.6 is 0 Å². The molecule has 0 atom stereocenters. The molecule has 27 heavy (non-hydrogen) atoms. The second kappa shape index (κ2) is 8.76. The van der Waals surface area contributed by atoms with Gasteiger partial charge in [0.2, 0.25) is 5.91 Å². The normalized spacial score (nSPS) is 11.4. The Morgan fingerprint density at radius 3 is 2.56 bits per heavy atom. The summed E-state index contributed by atoms with van der Waals surface area (Å²) in [5, 5.41) is 0.537. The molecule has 0 saturated carbocycles. The van der Waals surface area contributed by atoms with Crippen LogP contribution in [0.15, 0.2) is 83.7 Å². The fourth-order valence-electron chi connectivity index (χ4n) is 2.76. The molecule has 0 spiro atoms. The first-order valence-electron chi connectivity index (χ1n) is 8.77. The lowest BCUT2D eigenvalue weighted by Gasteiger charge is -2.21. The maximum Gasteiger partial charge on any atom is 0.258 e. The SMILES string of the molecule is CC=CC=CC(=O)N(Cc1ccccc1)Cc1nc2ccccc2c(=O)[nH]1. The first kappa shape index (κ1) is 18.3. The van der Waals surface area contributed by atoms with Crippen molar-refractivity contribution >= 4 is 16.8 Å². The van der Waals surface area contributed by atoms with Gasteiger partial charge in [-0.2, -0.15) is 0 Å². The number of rotatable bonds is 6. The van der Waals surface area contributed by atoms with Crippen LogP contribution in [0.5, 0.6) is 0 Å². The third-order valence-electron chi connectivity index (χ3n) is 4.07. The number of nitrogens with zero attached hydrogens (tertiary/aromatic N) is 2. The monoisotopic (exact) mass is 359 g/mol. The highest BCUT2D eigenvalue weighted by Gasteiger charge is 2.14. The van der Waals surface area contributed by atoms with E-state index in [1.165, 1.54) is 6.08 Å². The molecule has 3 aromatic rings. The van der Waals surface area contributed by atoms with E-state index in [0.29, 0.717) is 23.3 Å². The molecule has 5 heteroatoms. The van der Waals surface area contributed by atoms with Crippen LogP contribution in [0.2, 0.25) is 0 Å². The number of aromatic nitrogens is 2. The van der Waals surface area contributed by atoms with Gasteiger partial charge >= 0.3 is 0 Å². The maximum absolute atomic E-state index is 12.7. The highest BCUT2D eigenvalue weighted by molar-refractivity contribution is 5.87. The Hall–Kier alpha value is -3.47. The van der Waals surface area contributed by atoms with Crippen molar-refractivity contribution in [2.24, 2.45) is 0 Å². The molecule has 1 N–H and O–H groups in total. The van der Waals surface area contributed by atoms with Crippen molar-refractivity contribution in [2.75, 3.05) is 0 Å². The maximum atomic E-state index is 12.7. The van der Waals surface area contributed by atoms with E-state index in [4.69, 9.17) is 0 Å². The van der Waals surface area contributed by atoms with E-state index >= 15 is 0 Å². The van der Waals surface area contributed by atoms with Crippen molar-refractivity contribution in [1.29, 1.82) is 0 Å². The van der Waals surface area contributed by atoms with Crippen molar-refractivity contribution in [3.8, 4) is 0 Å². The fourth-order valence-corrected chi connectivity index (χ4v) is 2.76. The molecule has 1 heterocycles. The minimum Gasteiger partial charge on any atom is -0.327 e. The van der Waals surface area contributed by atoms with Gasteiger partial charge in [-0.3, -0.25) is 9.59 Å². The number of hydrogen-bond donors (Lipinski definition) is 1. The molecule has 136 valence electrons. The zero-order valence-corrected chi connectivity index (χ0v) is 15.1. The number of nitrogens with one attached hydrogen (secondary N) is 1. The first-order chi connectivity index (χ1) is 13.2. The number of benzene rings is 2. The summed E-state index contributed by atoms with van der Waals surface area (Å²) in [6.07, 6.45) is 6.88. The van der Waals surface area contributed by atoms with Gasteiger partial charge in [0.25, 0.3) is 5.56 Å². The quantitative estimate of drug-likeness (QED) is 0.540. The predicted molar refractivity (Wildman–Crippen MR) is 107 cm³/mol. The Kier molecular flexibility index (Phi) is 5.94. The average molecular weight is 359 g/mol. The van der Waals surface area contributed by atoms with Gasteiger partial charge in [-0.15, -0.1) is 0 Å². The fraction of sp³-hybridized carbons (Fsp3) is 0.136. The van der Waals surface area contributed by atoms with E-state index in [1.807, 2.05) is 49.4 Å². The van der Waals surface area contributed by atoms with Crippen LogP contribution in [0.25, 0.3) is 10.9 Å². The molecular weight excluding hydrogens is 338 g/mol. The number of aromatic amines is 1. The summed E-state index contributed by atoms with van der Waals surface area (Å²) in [6.45, 7) is 2.53. The van der Waals surface area contributed by atoms with E-state index < -0.39 is 0 Å². The van der Waals surface area contributed by atoms with Gasteiger partial charge in [-0.05, 0) is 24.6 Å². The third-order valence-corrected chi connectivity index (χ3v) is 4.07. The molecule has 0 aliphatic carbocycles. The number of amides is 1. The zero-order valence-electron chi connectivity index (χ0n) is 15.1.